The first-order valence-corrected chi connectivity index (χ1v) is 12.7. The number of hydrogen-bond donors (Lipinski definition) is 0. The second kappa shape index (κ2) is 6.38. The number of halogens is 2. The topological polar surface area (TPSA) is 88.4 Å². The van der Waals surface area contributed by atoms with Crippen molar-refractivity contribution in [3.63, 3.8) is 0 Å². The Hall–Kier alpha value is -0.760. The molecule has 0 N–H and O–H groups in total. The van der Waals surface area contributed by atoms with Gasteiger partial charge in [0.1, 0.15) is 11.6 Å². The zero-order valence-electron chi connectivity index (χ0n) is 16.6. The molecule has 158 valence electrons. The average Bonchev–Trinajstić information content (AvgIpc) is 2.87. The van der Waals surface area contributed by atoms with Crippen LogP contribution in [0.4, 0.5) is 0 Å². The quantitative estimate of drug-likeness (QED) is 0.375. The molecule has 0 spiro atoms. The molecule has 5 rings (SSSR count). The zero-order chi connectivity index (χ0) is 20.8. The number of nitrogens with zero attached hydrogens (tertiary/aromatic N) is 4. The SMILES string of the molecule is CCOP(C)(=O)C[C@@]12C[C@@H]1[C@@H](n1cnc3c(Cl)nc(Cl)nc31)[C@@H]1OC(C)(C)O[C@@H]12. The smallest absolute Gasteiger partial charge is 0.225 e. The van der Waals surface area contributed by atoms with E-state index in [1.165, 1.54) is 0 Å². The number of fused-ring (bicyclic) bond motifs is 4. The number of ether oxygens (including phenoxy) is 2. The van der Waals surface area contributed by atoms with E-state index in [0.717, 1.165) is 6.42 Å². The lowest BCUT2D eigenvalue weighted by molar-refractivity contribution is -0.160. The molecule has 1 aliphatic heterocycles. The Morgan fingerprint density at radius 2 is 2.10 bits per heavy atom. The van der Waals surface area contributed by atoms with Crippen molar-refractivity contribution in [2.24, 2.45) is 11.3 Å². The van der Waals surface area contributed by atoms with E-state index in [0.29, 0.717) is 23.9 Å². The Morgan fingerprint density at radius 1 is 1.34 bits per heavy atom. The molecule has 3 fully saturated rings. The summed E-state index contributed by atoms with van der Waals surface area (Å²) in [7, 11) is -2.75. The van der Waals surface area contributed by atoms with Crippen molar-refractivity contribution in [3.8, 4) is 0 Å². The summed E-state index contributed by atoms with van der Waals surface area (Å²) in [4.78, 5) is 12.7. The Kier molecular flexibility index (Phi) is 4.43. The number of aromatic nitrogens is 4. The van der Waals surface area contributed by atoms with Crippen molar-refractivity contribution in [1.29, 1.82) is 0 Å². The summed E-state index contributed by atoms with van der Waals surface area (Å²) >= 11 is 12.3. The third kappa shape index (κ3) is 3.07. The van der Waals surface area contributed by atoms with Gasteiger partial charge in [0.15, 0.2) is 16.6 Å². The van der Waals surface area contributed by atoms with E-state index in [-0.39, 0.29) is 40.0 Å². The fourth-order valence-corrected chi connectivity index (χ4v) is 8.08. The highest BCUT2D eigenvalue weighted by molar-refractivity contribution is 7.58. The fraction of sp³-hybridized carbons (Fsp3) is 0.722. The van der Waals surface area contributed by atoms with Gasteiger partial charge in [-0.25, -0.2) is 9.97 Å². The van der Waals surface area contributed by atoms with Crippen LogP contribution in [0.1, 0.15) is 33.2 Å². The van der Waals surface area contributed by atoms with E-state index in [2.05, 4.69) is 15.0 Å². The van der Waals surface area contributed by atoms with Gasteiger partial charge in [-0.3, -0.25) is 4.57 Å². The maximum absolute atomic E-state index is 13.1. The average molecular weight is 461 g/mol. The summed E-state index contributed by atoms with van der Waals surface area (Å²) in [5.74, 6) is -0.509. The monoisotopic (exact) mass is 460 g/mol. The van der Waals surface area contributed by atoms with E-state index < -0.39 is 13.2 Å². The van der Waals surface area contributed by atoms with Crippen molar-refractivity contribution < 1.29 is 18.6 Å². The number of hydrogen-bond acceptors (Lipinski definition) is 7. The van der Waals surface area contributed by atoms with Crippen molar-refractivity contribution >= 4 is 41.7 Å². The van der Waals surface area contributed by atoms with E-state index >= 15 is 0 Å². The van der Waals surface area contributed by atoms with Gasteiger partial charge in [0, 0.05) is 18.2 Å². The molecule has 1 saturated heterocycles. The lowest BCUT2D eigenvalue weighted by Crippen LogP contribution is -2.33. The lowest BCUT2D eigenvalue weighted by Gasteiger charge is -2.25. The Morgan fingerprint density at radius 3 is 2.83 bits per heavy atom. The first kappa shape index (κ1) is 20.2. The normalized spacial score (nSPS) is 36.8. The standard InChI is InChI=1S/C18H23Cl2N4O4P/c1-5-26-29(4,25)7-18-6-9(18)11(12-13(18)28-17(2,3)27-12)24-8-21-10-14(19)22-16(20)23-15(10)24/h8-9,11-13H,5-7H2,1-4H3/t9-,11-,12+,13+,18+,29?/m1/s1. The minimum atomic E-state index is -2.75. The van der Waals surface area contributed by atoms with Crippen LogP contribution >= 0.6 is 30.6 Å². The number of rotatable bonds is 5. The number of imidazole rings is 1. The van der Waals surface area contributed by atoms with Crippen molar-refractivity contribution in [2.45, 2.75) is 51.2 Å². The van der Waals surface area contributed by atoms with Gasteiger partial charge in [-0.15, -0.1) is 0 Å². The second-order valence-corrected chi connectivity index (χ2v) is 12.1. The van der Waals surface area contributed by atoms with Crippen LogP contribution in [0.5, 0.6) is 0 Å². The third-order valence-corrected chi connectivity index (χ3v) is 8.68. The largest absolute Gasteiger partial charge is 0.344 e. The molecule has 0 radical (unpaired) electrons. The van der Waals surface area contributed by atoms with E-state index in [1.54, 1.807) is 13.0 Å². The highest BCUT2D eigenvalue weighted by Gasteiger charge is 2.76. The highest BCUT2D eigenvalue weighted by atomic mass is 35.5. The van der Waals surface area contributed by atoms with Gasteiger partial charge < -0.3 is 18.6 Å². The van der Waals surface area contributed by atoms with Crippen molar-refractivity contribution in [1.82, 2.24) is 19.5 Å². The first-order chi connectivity index (χ1) is 13.6. The van der Waals surface area contributed by atoms with E-state index in [9.17, 15) is 4.57 Å². The van der Waals surface area contributed by atoms with Gasteiger partial charge in [0.2, 0.25) is 12.7 Å². The van der Waals surface area contributed by atoms with Crippen LogP contribution in [0.15, 0.2) is 6.33 Å². The van der Waals surface area contributed by atoms with Crippen LogP contribution in [0, 0.1) is 11.3 Å². The zero-order valence-corrected chi connectivity index (χ0v) is 19.0. The molecule has 0 bridgehead atoms. The molecule has 8 nitrogen and oxygen atoms in total. The fourth-order valence-electron chi connectivity index (χ4n) is 5.40. The molecule has 0 amide bonds. The van der Waals surface area contributed by atoms with Gasteiger partial charge in [-0.2, -0.15) is 4.98 Å². The first-order valence-electron chi connectivity index (χ1n) is 9.69. The molecule has 2 aromatic heterocycles. The Balaban J connectivity index is 1.58. The van der Waals surface area contributed by atoms with Gasteiger partial charge in [0.25, 0.3) is 0 Å². The van der Waals surface area contributed by atoms with Crippen LogP contribution in [-0.4, -0.2) is 56.9 Å². The molecule has 11 heteroatoms. The molecule has 0 aromatic carbocycles. The van der Waals surface area contributed by atoms with Gasteiger partial charge >= 0.3 is 0 Å². The molecular formula is C18H23Cl2N4O4P. The molecule has 3 heterocycles. The van der Waals surface area contributed by atoms with Gasteiger partial charge in [-0.05, 0) is 44.7 Å². The molecule has 6 atom stereocenters. The third-order valence-electron chi connectivity index (χ3n) is 6.28. The summed E-state index contributed by atoms with van der Waals surface area (Å²) < 4.78 is 33.3. The van der Waals surface area contributed by atoms with Crippen molar-refractivity contribution in [3.05, 3.63) is 16.8 Å². The van der Waals surface area contributed by atoms with E-state index in [4.69, 9.17) is 37.2 Å². The van der Waals surface area contributed by atoms with Crippen LogP contribution in [0.3, 0.4) is 0 Å². The minimum Gasteiger partial charge on any atom is -0.344 e. The minimum absolute atomic E-state index is 0.0687. The van der Waals surface area contributed by atoms with Crippen LogP contribution in [0.2, 0.25) is 10.4 Å². The summed E-state index contributed by atoms with van der Waals surface area (Å²) in [6, 6.07) is -0.0737. The predicted molar refractivity (Wildman–Crippen MR) is 109 cm³/mol. The summed E-state index contributed by atoms with van der Waals surface area (Å²) in [6.45, 7) is 7.81. The molecule has 1 unspecified atom stereocenters. The lowest BCUT2D eigenvalue weighted by atomic mass is 10.0. The maximum Gasteiger partial charge on any atom is 0.225 e. The molecule has 29 heavy (non-hydrogen) atoms. The molecule has 2 aliphatic carbocycles. The summed E-state index contributed by atoms with van der Waals surface area (Å²) in [6.07, 6.45) is 2.68. The van der Waals surface area contributed by atoms with Crippen LogP contribution in [0.25, 0.3) is 11.2 Å². The molecule has 3 aliphatic rings. The predicted octanol–water partition coefficient (Wildman–Crippen LogP) is 4.16. The van der Waals surface area contributed by atoms with Crippen LogP contribution < -0.4 is 0 Å². The summed E-state index contributed by atoms with van der Waals surface area (Å²) in [5.41, 5.74) is 0.818. The highest BCUT2D eigenvalue weighted by Crippen LogP contribution is 2.75. The van der Waals surface area contributed by atoms with Gasteiger partial charge in [0.05, 0.1) is 25.1 Å². The molecule has 2 saturated carbocycles. The van der Waals surface area contributed by atoms with Gasteiger partial charge in [-0.1, -0.05) is 11.6 Å². The summed E-state index contributed by atoms with van der Waals surface area (Å²) in [5, 5.41) is 0.285. The van der Waals surface area contributed by atoms with E-state index in [1.807, 2.05) is 25.3 Å². The Bertz CT molecular complexity index is 1050. The van der Waals surface area contributed by atoms with Crippen molar-refractivity contribution in [2.75, 3.05) is 19.4 Å². The van der Waals surface area contributed by atoms with Crippen LogP contribution in [-0.2, 0) is 18.6 Å². The second-order valence-electron chi connectivity index (χ2n) is 8.75. The molecular weight excluding hydrogens is 438 g/mol. The maximum atomic E-state index is 13.1. The Labute approximate surface area is 178 Å². The molecule has 2 aromatic rings.